The van der Waals surface area contributed by atoms with Gasteiger partial charge in [0.05, 0.1) is 17.6 Å². The molecular weight excluding hydrogens is 260 g/mol. The first-order valence-corrected chi connectivity index (χ1v) is 8.06. The van der Waals surface area contributed by atoms with Crippen LogP contribution in [0.4, 0.5) is 5.69 Å². The maximum Gasteiger partial charge on any atom is 0.131 e. The van der Waals surface area contributed by atoms with Crippen molar-refractivity contribution < 1.29 is 0 Å². The summed E-state index contributed by atoms with van der Waals surface area (Å²) in [4.78, 5) is 11.6. The Morgan fingerprint density at radius 2 is 1.71 bits per heavy atom. The van der Waals surface area contributed by atoms with Crippen molar-refractivity contribution in [1.82, 2.24) is 15.3 Å². The summed E-state index contributed by atoms with van der Waals surface area (Å²) in [6, 6.07) is 0.902. The van der Waals surface area contributed by atoms with Gasteiger partial charge in [-0.25, -0.2) is 9.97 Å². The van der Waals surface area contributed by atoms with Crippen molar-refractivity contribution >= 4 is 5.69 Å². The normalized spacial score (nSPS) is 13.3. The van der Waals surface area contributed by atoms with Crippen LogP contribution in [0.3, 0.4) is 0 Å². The second-order valence-corrected chi connectivity index (χ2v) is 6.85. The van der Waals surface area contributed by atoms with Gasteiger partial charge in [-0.15, -0.1) is 0 Å². The molecule has 0 aromatic carbocycles. The Morgan fingerprint density at radius 1 is 1.10 bits per heavy atom. The SMILES string of the molecule is CC(C)NCc1nc(C(C)C)ncc1N(C)C(C)C(C)C. The molecule has 120 valence electrons. The molecule has 0 bridgehead atoms. The highest BCUT2D eigenvalue weighted by Crippen LogP contribution is 2.23. The smallest absolute Gasteiger partial charge is 0.131 e. The van der Waals surface area contributed by atoms with Gasteiger partial charge in [0.15, 0.2) is 0 Å². The monoisotopic (exact) mass is 292 g/mol. The molecule has 1 aromatic rings. The summed E-state index contributed by atoms with van der Waals surface area (Å²) in [7, 11) is 2.14. The zero-order valence-corrected chi connectivity index (χ0v) is 14.9. The first-order chi connectivity index (χ1) is 9.73. The van der Waals surface area contributed by atoms with Crippen LogP contribution in [-0.2, 0) is 6.54 Å². The molecule has 4 heteroatoms. The molecule has 4 nitrogen and oxygen atoms in total. The molecule has 1 N–H and O–H groups in total. The van der Waals surface area contributed by atoms with E-state index in [0.717, 1.165) is 23.8 Å². The van der Waals surface area contributed by atoms with Crippen molar-refractivity contribution in [2.75, 3.05) is 11.9 Å². The molecule has 1 aromatic heterocycles. The zero-order valence-electron chi connectivity index (χ0n) is 14.9. The number of aromatic nitrogens is 2. The molecular formula is C17H32N4. The zero-order chi connectivity index (χ0) is 16.2. The molecule has 0 aliphatic heterocycles. The number of anilines is 1. The Hall–Kier alpha value is -1.16. The predicted molar refractivity (Wildman–Crippen MR) is 90.8 cm³/mol. The Kier molecular flexibility index (Phi) is 6.59. The molecule has 0 fully saturated rings. The second kappa shape index (κ2) is 7.74. The standard InChI is InChI=1S/C17H32N4/c1-11(2)14(7)21(8)16-10-19-17(12(3)4)20-15(16)9-18-13(5)6/h10-14,18H,9H2,1-8H3. The molecule has 0 radical (unpaired) electrons. The predicted octanol–water partition coefficient (Wildman–Crippen LogP) is 3.58. The van der Waals surface area contributed by atoms with Gasteiger partial charge in [0.25, 0.3) is 0 Å². The molecule has 0 saturated heterocycles. The Labute approximate surface area is 130 Å². The van der Waals surface area contributed by atoms with Gasteiger partial charge in [-0.05, 0) is 12.8 Å². The van der Waals surface area contributed by atoms with E-state index in [9.17, 15) is 0 Å². The lowest BCUT2D eigenvalue weighted by Crippen LogP contribution is -2.35. The van der Waals surface area contributed by atoms with Gasteiger partial charge >= 0.3 is 0 Å². The number of nitrogens with zero attached hydrogens (tertiary/aromatic N) is 3. The van der Waals surface area contributed by atoms with Gasteiger partial charge < -0.3 is 10.2 Å². The van der Waals surface area contributed by atoms with E-state index in [4.69, 9.17) is 4.98 Å². The van der Waals surface area contributed by atoms with Crippen molar-refractivity contribution in [3.63, 3.8) is 0 Å². The van der Waals surface area contributed by atoms with Gasteiger partial charge in [0.2, 0.25) is 0 Å². The van der Waals surface area contributed by atoms with E-state index in [1.54, 1.807) is 0 Å². The van der Waals surface area contributed by atoms with Crippen LogP contribution in [0.1, 0.15) is 65.9 Å². The van der Waals surface area contributed by atoms with Crippen LogP contribution < -0.4 is 10.2 Å². The molecule has 1 unspecified atom stereocenters. The quantitative estimate of drug-likeness (QED) is 0.834. The second-order valence-electron chi connectivity index (χ2n) is 6.85. The molecule has 1 rings (SSSR count). The number of rotatable bonds is 7. The van der Waals surface area contributed by atoms with Crippen molar-refractivity contribution in [2.45, 2.75) is 73.0 Å². The van der Waals surface area contributed by atoms with E-state index in [1.165, 1.54) is 0 Å². The van der Waals surface area contributed by atoms with Crippen LogP contribution in [-0.4, -0.2) is 29.1 Å². The minimum Gasteiger partial charge on any atom is -0.369 e. The maximum absolute atomic E-state index is 4.79. The molecule has 1 atom stereocenters. The highest BCUT2D eigenvalue weighted by Gasteiger charge is 2.19. The minimum absolute atomic E-state index is 0.352. The fourth-order valence-corrected chi connectivity index (χ4v) is 2.10. The van der Waals surface area contributed by atoms with Crippen molar-refractivity contribution in [3.8, 4) is 0 Å². The van der Waals surface area contributed by atoms with Crippen LogP contribution in [0.25, 0.3) is 0 Å². The molecule has 0 spiro atoms. The average Bonchev–Trinajstić information content (AvgIpc) is 2.42. The van der Waals surface area contributed by atoms with Crippen LogP contribution >= 0.6 is 0 Å². The van der Waals surface area contributed by atoms with Crippen LogP contribution in [0.15, 0.2) is 6.20 Å². The van der Waals surface area contributed by atoms with E-state index in [1.807, 2.05) is 6.20 Å². The third kappa shape index (κ3) is 4.95. The maximum atomic E-state index is 4.79. The van der Waals surface area contributed by atoms with Gasteiger partial charge in [-0.1, -0.05) is 41.5 Å². The highest BCUT2D eigenvalue weighted by atomic mass is 15.2. The first-order valence-electron chi connectivity index (χ1n) is 8.06. The minimum atomic E-state index is 0.352. The van der Waals surface area contributed by atoms with Crippen LogP contribution in [0, 0.1) is 5.92 Å². The number of nitrogens with one attached hydrogen (secondary N) is 1. The molecule has 21 heavy (non-hydrogen) atoms. The van der Waals surface area contributed by atoms with Gasteiger partial charge in [0, 0.05) is 31.6 Å². The summed E-state index contributed by atoms with van der Waals surface area (Å²) in [5, 5.41) is 3.47. The van der Waals surface area contributed by atoms with E-state index in [0.29, 0.717) is 23.9 Å². The largest absolute Gasteiger partial charge is 0.369 e. The fraction of sp³-hybridized carbons (Fsp3) is 0.765. The number of hydrogen-bond donors (Lipinski definition) is 1. The fourth-order valence-electron chi connectivity index (χ4n) is 2.10. The summed E-state index contributed by atoms with van der Waals surface area (Å²) in [6.07, 6.45) is 1.98. The lowest BCUT2D eigenvalue weighted by Gasteiger charge is -2.31. The average molecular weight is 292 g/mol. The summed E-state index contributed by atoms with van der Waals surface area (Å²) in [5.41, 5.74) is 2.23. The van der Waals surface area contributed by atoms with Crippen molar-refractivity contribution in [3.05, 3.63) is 17.7 Å². The third-order valence-electron chi connectivity index (χ3n) is 4.01. The first kappa shape index (κ1) is 17.9. The van der Waals surface area contributed by atoms with E-state index >= 15 is 0 Å². The Bertz CT molecular complexity index is 440. The molecule has 0 amide bonds. The molecule has 0 saturated carbocycles. The molecule has 1 heterocycles. The van der Waals surface area contributed by atoms with Crippen LogP contribution in [0.2, 0.25) is 0 Å². The van der Waals surface area contributed by atoms with Crippen molar-refractivity contribution in [1.29, 1.82) is 0 Å². The molecule has 0 aliphatic carbocycles. The van der Waals surface area contributed by atoms with Crippen LogP contribution in [0.5, 0.6) is 0 Å². The Balaban J connectivity index is 3.10. The van der Waals surface area contributed by atoms with E-state index in [-0.39, 0.29) is 0 Å². The van der Waals surface area contributed by atoms with Gasteiger partial charge in [-0.3, -0.25) is 0 Å². The van der Waals surface area contributed by atoms with Gasteiger partial charge in [0.1, 0.15) is 5.82 Å². The Morgan fingerprint density at radius 3 is 2.19 bits per heavy atom. The van der Waals surface area contributed by atoms with Gasteiger partial charge in [-0.2, -0.15) is 0 Å². The third-order valence-corrected chi connectivity index (χ3v) is 4.01. The van der Waals surface area contributed by atoms with E-state index < -0.39 is 0 Å². The summed E-state index contributed by atoms with van der Waals surface area (Å²) < 4.78 is 0. The van der Waals surface area contributed by atoms with E-state index in [2.05, 4.69) is 70.7 Å². The topological polar surface area (TPSA) is 41.1 Å². The highest BCUT2D eigenvalue weighted by molar-refractivity contribution is 5.49. The summed E-state index contributed by atoms with van der Waals surface area (Å²) in [5.74, 6) is 1.86. The molecule has 0 aliphatic rings. The summed E-state index contributed by atoms with van der Waals surface area (Å²) in [6.45, 7) is 16.1. The lowest BCUT2D eigenvalue weighted by molar-refractivity contribution is 0.501. The lowest BCUT2D eigenvalue weighted by atomic mass is 10.0. The number of hydrogen-bond acceptors (Lipinski definition) is 4. The summed E-state index contributed by atoms with van der Waals surface area (Å²) >= 11 is 0. The van der Waals surface area contributed by atoms with Crippen molar-refractivity contribution in [2.24, 2.45) is 5.92 Å².